The maximum absolute atomic E-state index is 6.19. The van der Waals surface area contributed by atoms with E-state index in [0.29, 0.717) is 6.54 Å². The minimum atomic E-state index is 0.253. The van der Waals surface area contributed by atoms with E-state index in [9.17, 15) is 0 Å². The monoisotopic (exact) mass is 334 g/mol. The summed E-state index contributed by atoms with van der Waals surface area (Å²) in [6, 6.07) is 20.9. The molecule has 0 spiro atoms. The van der Waals surface area contributed by atoms with Gasteiger partial charge in [-0.2, -0.15) is 0 Å². The summed E-state index contributed by atoms with van der Waals surface area (Å²) in [5.74, 6) is 0.253. The Morgan fingerprint density at radius 1 is 0.958 bits per heavy atom. The number of H-pyrrole nitrogens is 1. The van der Waals surface area contributed by atoms with Gasteiger partial charge >= 0.3 is 0 Å². The maximum Gasteiger partial charge on any atom is 0.0457 e. The number of aromatic amines is 1. The Morgan fingerprint density at radius 2 is 1.79 bits per heavy atom. The van der Waals surface area contributed by atoms with Crippen molar-refractivity contribution in [1.29, 1.82) is 0 Å². The molecule has 0 radical (unpaired) electrons. The highest BCUT2D eigenvalue weighted by molar-refractivity contribution is 6.31. The van der Waals surface area contributed by atoms with Crippen molar-refractivity contribution in [2.75, 3.05) is 6.54 Å². The van der Waals surface area contributed by atoms with Gasteiger partial charge in [-0.15, -0.1) is 0 Å². The molecule has 0 aliphatic carbocycles. The molecular formula is C21H19ClN2. The molecule has 1 unspecified atom stereocenters. The summed E-state index contributed by atoms with van der Waals surface area (Å²) < 4.78 is 0. The third kappa shape index (κ3) is 2.68. The predicted molar refractivity (Wildman–Crippen MR) is 103 cm³/mol. The fraction of sp³-hybridized carbons (Fsp3) is 0.143. The van der Waals surface area contributed by atoms with E-state index in [1.807, 2.05) is 18.2 Å². The number of nitrogens with two attached hydrogens (primary N) is 1. The van der Waals surface area contributed by atoms with Gasteiger partial charge < -0.3 is 10.7 Å². The lowest BCUT2D eigenvalue weighted by Gasteiger charge is -2.16. The molecule has 2 nitrogen and oxygen atoms in total. The van der Waals surface area contributed by atoms with Gasteiger partial charge in [0.05, 0.1) is 0 Å². The summed E-state index contributed by atoms with van der Waals surface area (Å²) in [4.78, 5) is 3.34. The molecule has 4 rings (SSSR count). The van der Waals surface area contributed by atoms with E-state index < -0.39 is 0 Å². The Bertz CT molecular complexity index is 998. The van der Waals surface area contributed by atoms with E-state index in [1.165, 1.54) is 21.9 Å². The fourth-order valence-electron chi connectivity index (χ4n) is 3.51. The maximum atomic E-state index is 6.19. The van der Waals surface area contributed by atoms with Gasteiger partial charge in [-0.3, -0.25) is 0 Å². The molecule has 4 aromatic rings. The quantitative estimate of drug-likeness (QED) is 0.525. The van der Waals surface area contributed by atoms with Crippen LogP contribution in [0.1, 0.15) is 17.0 Å². The first-order valence-electron chi connectivity index (χ1n) is 8.19. The van der Waals surface area contributed by atoms with Gasteiger partial charge in [-0.05, 0) is 53.1 Å². The van der Waals surface area contributed by atoms with Crippen LogP contribution in [0.3, 0.4) is 0 Å². The van der Waals surface area contributed by atoms with Gasteiger partial charge in [0.2, 0.25) is 0 Å². The van der Waals surface area contributed by atoms with E-state index in [0.717, 1.165) is 22.3 Å². The van der Waals surface area contributed by atoms with Crippen LogP contribution in [0.15, 0.2) is 66.9 Å². The third-order valence-corrected chi connectivity index (χ3v) is 4.98. The van der Waals surface area contributed by atoms with Crippen LogP contribution in [0.25, 0.3) is 21.7 Å². The van der Waals surface area contributed by atoms with Crippen LogP contribution in [0.2, 0.25) is 5.02 Å². The third-order valence-electron chi connectivity index (χ3n) is 4.75. The molecule has 1 heterocycles. The first kappa shape index (κ1) is 15.3. The zero-order valence-corrected chi connectivity index (χ0v) is 14.1. The number of hydrogen-bond acceptors (Lipinski definition) is 1. The van der Waals surface area contributed by atoms with Gasteiger partial charge in [0.15, 0.2) is 0 Å². The second-order valence-corrected chi connectivity index (χ2v) is 6.65. The number of fused-ring (bicyclic) bond motifs is 2. The van der Waals surface area contributed by atoms with E-state index in [4.69, 9.17) is 17.3 Å². The highest BCUT2D eigenvalue weighted by atomic mass is 35.5. The lowest BCUT2D eigenvalue weighted by Crippen LogP contribution is -2.15. The number of halogens is 1. The first-order chi connectivity index (χ1) is 11.8. The molecule has 0 aliphatic rings. The van der Waals surface area contributed by atoms with Gasteiger partial charge in [0.25, 0.3) is 0 Å². The van der Waals surface area contributed by atoms with Crippen LogP contribution in [0, 0.1) is 0 Å². The molecule has 0 aliphatic heterocycles. The molecule has 0 fully saturated rings. The summed E-state index contributed by atoms with van der Waals surface area (Å²) in [6.45, 7) is 0.600. The zero-order chi connectivity index (χ0) is 16.5. The molecule has 3 aromatic carbocycles. The fourth-order valence-corrected chi connectivity index (χ4v) is 3.68. The second-order valence-electron chi connectivity index (χ2n) is 6.21. The van der Waals surface area contributed by atoms with Crippen LogP contribution in [-0.4, -0.2) is 11.5 Å². The molecule has 1 aromatic heterocycles. The van der Waals surface area contributed by atoms with Crippen molar-refractivity contribution in [2.45, 2.75) is 12.3 Å². The predicted octanol–water partition coefficient (Wildman–Crippen LogP) is 5.26. The van der Waals surface area contributed by atoms with Gasteiger partial charge in [-0.1, -0.05) is 54.1 Å². The number of benzene rings is 3. The van der Waals surface area contributed by atoms with Gasteiger partial charge in [-0.25, -0.2) is 0 Å². The van der Waals surface area contributed by atoms with Crippen molar-refractivity contribution < 1.29 is 0 Å². The number of nitrogens with one attached hydrogen (secondary N) is 1. The molecule has 3 N–H and O–H groups in total. The van der Waals surface area contributed by atoms with Crippen LogP contribution in [0.4, 0.5) is 0 Å². The van der Waals surface area contributed by atoms with E-state index in [1.54, 1.807) is 0 Å². The average molecular weight is 335 g/mol. The normalized spacial score (nSPS) is 12.8. The van der Waals surface area contributed by atoms with Crippen LogP contribution in [-0.2, 0) is 6.42 Å². The van der Waals surface area contributed by atoms with Crippen molar-refractivity contribution in [1.82, 2.24) is 4.98 Å². The lowest BCUT2D eigenvalue weighted by molar-refractivity contribution is 0.702. The molecule has 1 atom stereocenters. The van der Waals surface area contributed by atoms with Crippen molar-refractivity contribution in [2.24, 2.45) is 5.73 Å². The summed E-state index contributed by atoms with van der Waals surface area (Å²) in [5, 5.41) is 4.49. The topological polar surface area (TPSA) is 41.8 Å². The van der Waals surface area contributed by atoms with Crippen LogP contribution in [0.5, 0.6) is 0 Å². The standard InChI is InChI=1S/C21H19ClN2/c22-17-8-9-21-19(11-17)20(13-24-21)16(12-23)10-15-6-3-5-14-4-1-2-7-18(14)15/h1-9,11,13,16,24H,10,12,23H2. The minimum Gasteiger partial charge on any atom is -0.361 e. The number of aromatic nitrogens is 1. The molecule has 120 valence electrons. The molecule has 0 saturated carbocycles. The number of hydrogen-bond donors (Lipinski definition) is 2. The van der Waals surface area contributed by atoms with Crippen molar-refractivity contribution in [3.8, 4) is 0 Å². The highest BCUT2D eigenvalue weighted by Crippen LogP contribution is 2.31. The molecule has 0 amide bonds. The van der Waals surface area contributed by atoms with Crippen molar-refractivity contribution >= 4 is 33.3 Å². The summed E-state index contributed by atoms with van der Waals surface area (Å²) in [7, 11) is 0. The van der Waals surface area contributed by atoms with E-state index >= 15 is 0 Å². The summed E-state index contributed by atoms with van der Waals surface area (Å²) >= 11 is 6.19. The summed E-state index contributed by atoms with van der Waals surface area (Å²) in [5.41, 5.74) is 9.81. The van der Waals surface area contributed by atoms with Crippen molar-refractivity contribution in [3.05, 3.63) is 83.0 Å². The lowest BCUT2D eigenvalue weighted by atomic mass is 9.89. The van der Waals surface area contributed by atoms with Crippen LogP contribution >= 0.6 is 11.6 Å². The Morgan fingerprint density at radius 3 is 2.67 bits per heavy atom. The minimum absolute atomic E-state index is 0.253. The Labute approximate surface area is 146 Å². The zero-order valence-electron chi connectivity index (χ0n) is 13.3. The molecule has 3 heteroatoms. The summed E-state index contributed by atoms with van der Waals surface area (Å²) in [6.07, 6.45) is 2.99. The molecule has 24 heavy (non-hydrogen) atoms. The van der Waals surface area contributed by atoms with Crippen molar-refractivity contribution in [3.63, 3.8) is 0 Å². The number of rotatable bonds is 4. The Balaban J connectivity index is 1.77. The Kier molecular flexibility index (Phi) is 4.01. The van der Waals surface area contributed by atoms with E-state index in [2.05, 4.69) is 53.6 Å². The Hall–Kier alpha value is -2.29. The molecule has 0 bridgehead atoms. The molecular weight excluding hydrogens is 316 g/mol. The average Bonchev–Trinajstić information content (AvgIpc) is 3.02. The highest BCUT2D eigenvalue weighted by Gasteiger charge is 2.16. The second kappa shape index (κ2) is 6.31. The SMILES string of the molecule is NCC(Cc1cccc2ccccc12)c1c[nH]c2ccc(Cl)cc12. The van der Waals surface area contributed by atoms with Gasteiger partial charge in [0, 0.05) is 28.0 Å². The smallest absolute Gasteiger partial charge is 0.0457 e. The molecule has 0 saturated heterocycles. The van der Waals surface area contributed by atoms with Gasteiger partial charge in [0.1, 0.15) is 0 Å². The van der Waals surface area contributed by atoms with E-state index in [-0.39, 0.29) is 5.92 Å². The first-order valence-corrected chi connectivity index (χ1v) is 8.57. The largest absolute Gasteiger partial charge is 0.361 e. The van der Waals surface area contributed by atoms with Crippen LogP contribution < -0.4 is 5.73 Å².